The summed E-state index contributed by atoms with van der Waals surface area (Å²) in [6, 6.07) is 76.0. The van der Waals surface area contributed by atoms with Crippen molar-refractivity contribution in [1.82, 2.24) is 9.13 Å². The molecule has 0 amide bonds. The van der Waals surface area contributed by atoms with Gasteiger partial charge in [-0.25, -0.2) is 0 Å². The molecule has 0 fully saturated rings. The summed E-state index contributed by atoms with van der Waals surface area (Å²) in [5.41, 5.74) is 18.0. The molecule has 13 rings (SSSR count). The Kier molecular flexibility index (Phi) is 8.47. The van der Waals surface area contributed by atoms with Crippen LogP contribution in [0.5, 0.6) is 0 Å². The molecule has 0 saturated heterocycles. The average Bonchev–Trinajstić information content (AvgIpc) is 3.88. The molecule has 304 valence electrons. The lowest BCUT2D eigenvalue weighted by atomic mass is 9.82. The first-order valence-electron chi connectivity index (χ1n) is 22.5. The number of allylic oxidation sites excluding steroid dienone is 5. The summed E-state index contributed by atoms with van der Waals surface area (Å²) in [7, 11) is 0. The third kappa shape index (κ3) is 5.88. The van der Waals surface area contributed by atoms with Gasteiger partial charge in [0.1, 0.15) is 0 Å². The summed E-state index contributed by atoms with van der Waals surface area (Å²) >= 11 is 0. The minimum Gasteiger partial charge on any atom is -0.309 e. The van der Waals surface area contributed by atoms with Crippen LogP contribution in [-0.4, -0.2) is 9.13 Å². The van der Waals surface area contributed by atoms with Crippen LogP contribution in [0.1, 0.15) is 11.1 Å². The Labute approximate surface area is 377 Å². The first-order valence-corrected chi connectivity index (χ1v) is 22.5. The lowest BCUT2D eigenvalue weighted by molar-refractivity contribution is 1.18. The molecule has 0 spiro atoms. The van der Waals surface area contributed by atoms with Crippen molar-refractivity contribution in [3.8, 4) is 44.8 Å². The van der Waals surface area contributed by atoms with Crippen molar-refractivity contribution in [1.29, 1.82) is 0 Å². The van der Waals surface area contributed by atoms with E-state index in [0.29, 0.717) is 0 Å². The topological polar surface area (TPSA) is 9.86 Å². The molecule has 2 nitrogen and oxygen atoms in total. The van der Waals surface area contributed by atoms with Crippen LogP contribution in [0, 0.1) is 0 Å². The molecular formula is C63H42N2. The van der Waals surface area contributed by atoms with Gasteiger partial charge in [-0.05, 0) is 145 Å². The van der Waals surface area contributed by atoms with E-state index in [0.717, 1.165) is 23.2 Å². The first-order chi connectivity index (χ1) is 32.2. The van der Waals surface area contributed by atoms with Gasteiger partial charge in [-0.15, -0.1) is 0 Å². The van der Waals surface area contributed by atoms with Gasteiger partial charge in [-0.2, -0.15) is 0 Å². The fourth-order valence-corrected chi connectivity index (χ4v) is 10.7. The van der Waals surface area contributed by atoms with Gasteiger partial charge in [0, 0.05) is 32.9 Å². The van der Waals surface area contributed by atoms with Crippen molar-refractivity contribution in [3.05, 3.63) is 248 Å². The van der Waals surface area contributed by atoms with E-state index in [2.05, 4.69) is 246 Å². The maximum absolute atomic E-state index is 4.50. The molecular weight excluding hydrogens is 785 g/mol. The fourth-order valence-electron chi connectivity index (χ4n) is 10.7. The van der Waals surface area contributed by atoms with Crippen molar-refractivity contribution < 1.29 is 0 Å². The molecule has 65 heavy (non-hydrogen) atoms. The van der Waals surface area contributed by atoms with Gasteiger partial charge in [0.05, 0.1) is 22.1 Å². The van der Waals surface area contributed by atoms with Gasteiger partial charge < -0.3 is 9.13 Å². The molecule has 10 aromatic carbocycles. The zero-order valence-corrected chi connectivity index (χ0v) is 35.7. The average molecular weight is 827 g/mol. The maximum atomic E-state index is 4.50. The predicted octanol–water partition coefficient (Wildman–Crippen LogP) is 16.9. The lowest BCUT2D eigenvalue weighted by Crippen LogP contribution is -1.98. The second-order valence-electron chi connectivity index (χ2n) is 17.3. The Hall–Kier alpha value is -8.46. The summed E-state index contributed by atoms with van der Waals surface area (Å²) in [6.45, 7) is 4.50. The molecule has 0 atom stereocenters. The summed E-state index contributed by atoms with van der Waals surface area (Å²) in [5.74, 6) is 0. The summed E-state index contributed by atoms with van der Waals surface area (Å²) < 4.78 is 4.80. The zero-order valence-electron chi connectivity index (χ0n) is 35.7. The van der Waals surface area contributed by atoms with E-state index in [1.54, 1.807) is 0 Å². The molecule has 2 heterocycles. The Morgan fingerprint density at radius 1 is 0.369 bits per heavy atom. The van der Waals surface area contributed by atoms with Gasteiger partial charge in [0.2, 0.25) is 0 Å². The molecule has 2 heteroatoms. The Balaban J connectivity index is 0.950. The van der Waals surface area contributed by atoms with Crippen LogP contribution in [0.2, 0.25) is 0 Å². The minimum atomic E-state index is 0.818. The second kappa shape index (κ2) is 14.8. The predicted molar refractivity (Wildman–Crippen MR) is 277 cm³/mol. The molecule has 0 saturated carbocycles. The number of hydrogen-bond acceptors (Lipinski definition) is 0. The van der Waals surface area contributed by atoms with Gasteiger partial charge in [0.25, 0.3) is 0 Å². The highest BCUT2D eigenvalue weighted by atomic mass is 15.0. The van der Waals surface area contributed by atoms with Crippen molar-refractivity contribution >= 4 is 70.7 Å². The van der Waals surface area contributed by atoms with Gasteiger partial charge in [-0.3, -0.25) is 0 Å². The Bertz CT molecular complexity index is 3970. The van der Waals surface area contributed by atoms with Crippen LogP contribution in [0.25, 0.3) is 115 Å². The maximum Gasteiger partial charge on any atom is 0.0541 e. The molecule has 0 bridgehead atoms. The summed E-state index contributed by atoms with van der Waals surface area (Å²) in [5, 5.41) is 10.0. The molecule has 0 aliphatic heterocycles. The van der Waals surface area contributed by atoms with E-state index in [-0.39, 0.29) is 0 Å². The minimum absolute atomic E-state index is 0.818. The second-order valence-corrected chi connectivity index (χ2v) is 17.3. The highest BCUT2D eigenvalue weighted by Gasteiger charge is 2.21. The molecule has 2 aromatic heterocycles. The number of fused-ring (bicyclic) bond motifs is 13. The molecule has 1 aliphatic carbocycles. The van der Waals surface area contributed by atoms with Crippen LogP contribution < -0.4 is 0 Å². The van der Waals surface area contributed by atoms with Gasteiger partial charge in [-0.1, -0.05) is 170 Å². The fraction of sp³-hybridized carbons (Fsp3) is 0.0159. The van der Waals surface area contributed by atoms with Crippen LogP contribution >= 0.6 is 0 Å². The largest absolute Gasteiger partial charge is 0.309 e. The standard InChI is InChI=1S/C63H42N2/c1-41-16-4-2-5-18-46-40-55(54-35-30-42-17-8-9-22-50(42)63(54)62(46)53-25-11-10-21-49(41)53)43-28-33-48(34-29-43)65-59-27-15-13-24-52(59)57-39-45(32-37-61(57)65)44-31-36-60-56(38-44)51-23-12-14-26-58(51)64(60)47-19-6-3-7-20-47/h2-17,19-40H,1,18H2/b5-2-,16-4-. The SMILES string of the molecule is C=C1/C=C\C=C/Cc2cc(-c3ccc(-n4c5ccccc5c5cc(-c6ccc7c(c6)c6ccccc6n7-c6ccccc6)ccc54)cc3)c3ccc4ccccc4c3c2-c2ccccc21. The van der Waals surface area contributed by atoms with Crippen molar-refractivity contribution in [2.24, 2.45) is 0 Å². The third-order valence-electron chi connectivity index (χ3n) is 13.7. The van der Waals surface area contributed by atoms with Gasteiger partial charge >= 0.3 is 0 Å². The number of rotatable bonds is 4. The van der Waals surface area contributed by atoms with E-state index in [4.69, 9.17) is 0 Å². The molecule has 1 aliphatic rings. The zero-order chi connectivity index (χ0) is 43.0. The van der Waals surface area contributed by atoms with Crippen LogP contribution in [0.15, 0.2) is 237 Å². The highest BCUT2D eigenvalue weighted by molar-refractivity contribution is 6.20. The van der Waals surface area contributed by atoms with Crippen LogP contribution in [0.3, 0.4) is 0 Å². The first kappa shape index (κ1) is 37.1. The smallest absolute Gasteiger partial charge is 0.0541 e. The number of para-hydroxylation sites is 3. The van der Waals surface area contributed by atoms with E-state index in [1.807, 2.05) is 0 Å². The van der Waals surface area contributed by atoms with Crippen molar-refractivity contribution in [3.63, 3.8) is 0 Å². The normalized spacial score (nSPS) is 13.8. The monoisotopic (exact) mass is 826 g/mol. The summed E-state index contributed by atoms with van der Waals surface area (Å²) in [4.78, 5) is 0. The Morgan fingerprint density at radius 2 is 0.923 bits per heavy atom. The van der Waals surface area contributed by atoms with E-state index >= 15 is 0 Å². The number of hydrogen-bond donors (Lipinski definition) is 0. The molecule has 12 aromatic rings. The van der Waals surface area contributed by atoms with Crippen LogP contribution in [0.4, 0.5) is 0 Å². The number of benzene rings is 10. The Morgan fingerprint density at radius 3 is 1.62 bits per heavy atom. The number of aromatic nitrogens is 2. The van der Waals surface area contributed by atoms with E-state index < -0.39 is 0 Å². The lowest BCUT2D eigenvalue weighted by Gasteiger charge is -2.21. The van der Waals surface area contributed by atoms with Crippen LogP contribution in [-0.2, 0) is 6.42 Å². The van der Waals surface area contributed by atoms with E-state index in [1.165, 1.54) is 110 Å². The van der Waals surface area contributed by atoms with Crippen molar-refractivity contribution in [2.75, 3.05) is 0 Å². The summed E-state index contributed by atoms with van der Waals surface area (Å²) in [6.07, 6.45) is 9.49. The molecule has 0 radical (unpaired) electrons. The van der Waals surface area contributed by atoms with E-state index in [9.17, 15) is 0 Å². The number of nitrogens with zero attached hydrogens (tertiary/aromatic N) is 2. The molecule has 0 N–H and O–H groups in total. The van der Waals surface area contributed by atoms with Crippen molar-refractivity contribution in [2.45, 2.75) is 6.42 Å². The molecule has 0 unspecified atom stereocenters. The van der Waals surface area contributed by atoms with Gasteiger partial charge in [0.15, 0.2) is 0 Å². The third-order valence-corrected chi connectivity index (χ3v) is 13.7. The highest BCUT2D eigenvalue weighted by Crippen LogP contribution is 2.45. The quantitative estimate of drug-likeness (QED) is 0.156.